The SMILES string of the molecule is Cc1ccc(N2C(=O)C(Nc3cccc(Br)c3)=C(c3cccs3)C2=O)cc1C. The molecule has 1 aromatic heterocycles. The lowest BCUT2D eigenvalue weighted by Gasteiger charge is -2.16. The smallest absolute Gasteiger partial charge is 0.282 e. The van der Waals surface area contributed by atoms with E-state index in [4.69, 9.17) is 0 Å². The van der Waals surface area contributed by atoms with Crippen molar-refractivity contribution in [3.8, 4) is 0 Å². The summed E-state index contributed by atoms with van der Waals surface area (Å²) in [6.07, 6.45) is 0. The Labute approximate surface area is 175 Å². The number of thiophene rings is 1. The summed E-state index contributed by atoms with van der Waals surface area (Å²) in [5.74, 6) is -0.662. The number of imide groups is 1. The van der Waals surface area contributed by atoms with Crippen molar-refractivity contribution in [2.24, 2.45) is 0 Å². The molecule has 0 unspecified atom stereocenters. The molecule has 2 heterocycles. The van der Waals surface area contributed by atoms with Crippen molar-refractivity contribution < 1.29 is 9.59 Å². The number of benzene rings is 2. The van der Waals surface area contributed by atoms with Gasteiger partial charge in [0.15, 0.2) is 0 Å². The number of halogens is 1. The Balaban J connectivity index is 1.80. The zero-order valence-corrected chi connectivity index (χ0v) is 17.7. The van der Waals surface area contributed by atoms with Crippen LogP contribution >= 0.6 is 27.3 Å². The van der Waals surface area contributed by atoms with Crippen LogP contribution in [0.4, 0.5) is 11.4 Å². The first-order valence-electron chi connectivity index (χ1n) is 8.72. The van der Waals surface area contributed by atoms with Crippen LogP contribution in [0.5, 0.6) is 0 Å². The Morgan fingerprint density at radius 2 is 1.75 bits per heavy atom. The topological polar surface area (TPSA) is 49.4 Å². The van der Waals surface area contributed by atoms with Crippen molar-refractivity contribution in [3.63, 3.8) is 0 Å². The number of amides is 2. The molecule has 4 nitrogen and oxygen atoms in total. The van der Waals surface area contributed by atoms with Crippen LogP contribution in [0.1, 0.15) is 16.0 Å². The van der Waals surface area contributed by atoms with Crippen LogP contribution in [-0.2, 0) is 9.59 Å². The van der Waals surface area contributed by atoms with E-state index in [0.29, 0.717) is 17.0 Å². The highest BCUT2D eigenvalue weighted by atomic mass is 79.9. The van der Waals surface area contributed by atoms with E-state index >= 15 is 0 Å². The van der Waals surface area contributed by atoms with Crippen LogP contribution < -0.4 is 10.2 Å². The number of aryl methyl sites for hydroxylation is 2. The van der Waals surface area contributed by atoms with Gasteiger partial charge in [-0.25, -0.2) is 4.90 Å². The maximum atomic E-state index is 13.3. The van der Waals surface area contributed by atoms with Crippen molar-refractivity contribution in [1.29, 1.82) is 0 Å². The van der Waals surface area contributed by atoms with E-state index < -0.39 is 0 Å². The molecule has 6 heteroatoms. The standard InChI is InChI=1S/C22H17BrN2O2S/c1-13-8-9-17(11-14(13)2)25-21(26)19(18-7-4-10-28-18)20(22(25)27)24-16-6-3-5-15(23)12-16/h3-12,24H,1-2H3. The lowest BCUT2D eigenvalue weighted by atomic mass is 10.1. The first-order chi connectivity index (χ1) is 13.5. The number of rotatable bonds is 4. The third-order valence-electron chi connectivity index (χ3n) is 4.69. The zero-order valence-electron chi connectivity index (χ0n) is 15.3. The van der Waals surface area contributed by atoms with Crippen LogP contribution in [0.2, 0.25) is 0 Å². The minimum atomic E-state index is -0.350. The van der Waals surface area contributed by atoms with Gasteiger partial charge in [0.25, 0.3) is 11.8 Å². The first-order valence-corrected chi connectivity index (χ1v) is 10.4. The van der Waals surface area contributed by atoms with E-state index in [1.807, 2.05) is 73.8 Å². The molecule has 1 N–H and O–H groups in total. The molecule has 0 fully saturated rings. The third-order valence-corrected chi connectivity index (χ3v) is 6.07. The van der Waals surface area contributed by atoms with Crippen molar-refractivity contribution in [1.82, 2.24) is 0 Å². The normalized spacial score (nSPS) is 14.2. The molecular formula is C22H17BrN2O2S. The molecule has 0 bridgehead atoms. The van der Waals surface area contributed by atoms with Gasteiger partial charge in [0.2, 0.25) is 0 Å². The van der Waals surface area contributed by atoms with Gasteiger partial charge in [0.05, 0.1) is 11.3 Å². The summed E-state index contributed by atoms with van der Waals surface area (Å²) in [5.41, 5.74) is 4.16. The van der Waals surface area contributed by atoms with Gasteiger partial charge in [0.1, 0.15) is 5.70 Å². The van der Waals surface area contributed by atoms with Crippen molar-refractivity contribution in [2.75, 3.05) is 10.2 Å². The molecule has 0 atom stereocenters. The molecule has 0 radical (unpaired) electrons. The first kappa shape index (κ1) is 18.7. The van der Waals surface area contributed by atoms with Gasteiger partial charge in [-0.3, -0.25) is 9.59 Å². The average Bonchev–Trinajstić information content (AvgIpc) is 3.25. The zero-order chi connectivity index (χ0) is 19.8. The maximum Gasteiger partial charge on any atom is 0.282 e. The molecule has 4 rings (SSSR count). The predicted octanol–water partition coefficient (Wildman–Crippen LogP) is 5.52. The summed E-state index contributed by atoms with van der Waals surface area (Å²) >= 11 is 4.88. The highest BCUT2D eigenvalue weighted by Crippen LogP contribution is 2.36. The fraction of sp³-hybridized carbons (Fsp3) is 0.0909. The fourth-order valence-corrected chi connectivity index (χ4v) is 4.27. The van der Waals surface area contributed by atoms with Gasteiger partial charge in [0, 0.05) is 15.0 Å². The summed E-state index contributed by atoms with van der Waals surface area (Å²) < 4.78 is 0.888. The molecule has 1 aliphatic heterocycles. The summed E-state index contributed by atoms with van der Waals surface area (Å²) in [7, 11) is 0. The number of anilines is 2. The molecule has 1 aliphatic rings. The highest BCUT2D eigenvalue weighted by molar-refractivity contribution is 9.10. The lowest BCUT2D eigenvalue weighted by Crippen LogP contribution is -2.32. The van der Waals surface area contributed by atoms with Gasteiger partial charge in [-0.1, -0.05) is 34.1 Å². The molecule has 0 aliphatic carbocycles. The van der Waals surface area contributed by atoms with Gasteiger partial charge in [-0.05, 0) is 66.8 Å². The van der Waals surface area contributed by atoms with Crippen molar-refractivity contribution in [2.45, 2.75) is 13.8 Å². The van der Waals surface area contributed by atoms with Crippen molar-refractivity contribution in [3.05, 3.63) is 86.2 Å². The summed E-state index contributed by atoms with van der Waals surface area (Å²) in [4.78, 5) is 28.6. The molecular weight excluding hydrogens is 436 g/mol. The van der Waals surface area contributed by atoms with Crippen LogP contribution in [0.15, 0.2) is 70.1 Å². The summed E-state index contributed by atoms with van der Waals surface area (Å²) in [5, 5.41) is 5.07. The third kappa shape index (κ3) is 3.30. The van der Waals surface area contributed by atoms with Gasteiger partial charge < -0.3 is 5.32 Å². The van der Waals surface area contributed by atoms with E-state index in [0.717, 1.165) is 26.2 Å². The molecule has 140 valence electrons. The molecule has 0 spiro atoms. The Bertz CT molecular complexity index is 1120. The van der Waals surface area contributed by atoms with E-state index in [2.05, 4.69) is 21.2 Å². The molecule has 2 amide bonds. The highest BCUT2D eigenvalue weighted by Gasteiger charge is 2.40. The lowest BCUT2D eigenvalue weighted by molar-refractivity contribution is -0.120. The summed E-state index contributed by atoms with van der Waals surface area (Å²) in [6.45, 7) is 3.97. The van der Waals surface area contributed by atoms with E-state index in [9.17, 15) is 9.59 Å². The van der Waals surface area contributed by atoms with E-state index in [1.54, 1.807) is 0 Å². The van der Waals surface area contributed by atoms with Gasteiger partial charge in [-0.2, -0.15) is 0 Å². The number of hydrogen-bond donors (Lipinski definition) is 1. The van der Waals surface area contributed by atoms with E-state index in [-0.39, 0.29) is 11.8 Å². The number of nitrogens with one attached hydrogen (secondary N) is 1. The van der Waals surface area contributed by atoms with E-state index in [1.165, 1.54) is 16.2 Å². The largest absolute Gasteiger partial charge is 0.350 e. The second-order valence-electron chi connectivity index (χ2n) is 6.58. The predicted molar refractivity (Wildman–Crippen MR) is 117 cm³/mol. The monoisotopic (exact) mass is 452 g/mol. The van der Waals surface area contributed by atoms with Crippen LogP contribution in [0.25, 0.3) is 5.57 Å². The molecule has 2 aromatic carbocycles. The van der Waals surface area contributed by atoms with Gasteiger partial charge in [-0.15, -0.1) is 11.3 Å². The minimum absolute atomic E-state index is 0.295. The number of nitrogens with zero attached hydrogens (tertiary/aromatic N) is 1. The Hall–Kier alpha value is -2.70. The van der Waals surface area contributed by atoms with Gasteiger partial charge >= 0.3 is 0 Å². The Morgan fingerprint density at radius 1 is 0.929 bits per heavy atom. The molecule has 0 saturated carbocycles. The quantitative estimate of drug-likeness (QED) is 0.529. The second-order valence-corrected chi connectivity index (χ2v) is 8.44. The number of carbonyl (C=O) groups excluding carboxylic acids is 2. The Kier molecular flexibility index (Phi) is 4.91. The maximum absolute atomic E-state index is 13.3. The Morgan fingerprint density at radius 3 is 2.43 bits per heavy atom. The van der Waals surface area contributed by atoms with Crippen LogP contribution in [-0.4, -0.2) is 11.8 Å². The van der Waals surface area contributed by atoms with Crippen LogP contribution in [0, 0.1) is 13.8 Å². The van der Waals surface area contributed by atoms with Crippen LogP contribution in [0.3, 0.4) is 0 Å². The summed E-state index contributed by atoms with van der Waals surface area (Å²) in [6, 6.07) is 16.9. The second kappa shape index (κ2) is 7.37. The minimum Gasteiger partial charge on any atom is -0.350 e. The molecule has 28 heavy (non-hydrogen) atoms. The molecule has 3 aromatic rings. The number of carbonyl (C=O) groups is 2. The average molecular weight is 453 g/mol. The molecule has 0 saturated heterocycles. The number of hydrogen-bond acceptors (Lipinski definition) is 4. The van der Waals surface area contributed by atoms with Crippen molar-refractivity contribution >= 4 is 56.0 Å². The fourth-order valence-electron chi connectivity index (χ4n) is 3.10.